The van der Waals surface area contributed by atoms with Gasteiger partial charge in [0.2, 0.25) is 0 Å². The zero-order valence-electron chi connectivity index (χ0n) is 7.81. The molecule has 70 valence electrons. The normalized spacial score (nSPS) is 17.5. The van der Waals surface area contributed by atoms with E-state index in [1.54, 1.807) is 6.21 Å². The van der Waals surface area contributed by atoms with Gasteiger partial charge in [-0.1, -0.05) is 17.7 Å². The Kier molecular flexibility index (Phi) is 2.10. The first-order valence-corrected chi connectivity index (χ1v) is 4.28. The fourth-order valence-electron chi connectivity index (χ4n) is 1.11. The standard InChI is InChI=1S/C10H10N4/c1-7-2-4-8(5-3-7)13-9-6-12-14-10(9)11/h2-6H,1H3,(H2,11,13,14). The molecule has 2 rings (SSSR count). The fourth-order valence-corrected chi connectivity index (χ4v) is 1.11. The topological polar surface area (TPSA) is 63.1 Å². The third-order valence-electron chi connectivity index (χ3n) is 1.89. The lowest BCUT2D eigenvalue weighted by molar-refractivity contribution is 1.27. The fraction of sp³-hybridized carbons (Fsp3) is 0.100. The summed E-state index contributed by atoms with van der Waals surface area (Å²) >= 11 is 0. The van der Waals surface area contributed by atoms with Crippen molar-refractivity contribution in [3.05, 3.63) is 29.8 Å². The van der Waals surface area contributed by atoms with Crippen molar-refractivity contribution in [2.24, 2.45) is 20.9 Å². The van der Waals surface area contributed by atoms with E-state index in [0.29, 0.717) is 11.5 Å². The van der Waals surface area contributed by atoms with Crippen LogP contribution in [0.25, 0.3) is 0 Å². The Morgan fingerprint density at radius 3 is 2.50 bits per heavy atom. The Morgan fingerprint density at radius 2 is 1.93 bits per heavy atom. The van der Waals surface area contributed by atoms with Crippen LogP contribution in [0.5, 0.6) is 0 Å². The maximum absolute atomic E-state index is 5.55. The number of nitrogens with zero attached hydrogens (tertiary/aromatic N) is 3. The number of aryl methyl sites for hydroxylation is 1. The zero-order valence-corrected chi connectivity index (χ0v) is 7.81. The van der Waals surface area contributed by atoms with Crippen molar-refractivity contribution in [2.75, 3.05) is 0 Å². The van der Waals surface area contributed by atoms with Gasteiger partial charge in [0.25, 0.3) is 0 Å². The molecule has 0 unspecified atom stereocenters. The molecule has 0 saturated carbocycles. The van der Waals surface area contributed by atoms with E-state index < -0.39 is 0 Å². The van der Waals surface area contributed by atoms with Gasteiger partial charge in [-0.2, -0.15) is 5.10 Å². The number of hydrogen-bond acceptors (Lipinski definition) is 4. The minimum Gasteiger partial charge on any atom is -0.380 e. The molecule has 1 aliphatic rings. The largest absolute Gasteiger partial charge is 0.380 e. The number of aliphatic imine (C=N–C) groups is 1. The summed E-state index contributed by atoms with van der Waals surface area (Å²) in [5.41, 5.74) is 8.23. The third-order valence-corrected chi connectivity index (χ3v) is 1.89. The maximum atomic E-state index is 5.55. The molecule has 1 aromatic carbocycles. The molecule has 0 saturated heterocycles. The Hall–Kier alpha value is -1.97. The minimum absolute atomic E-state index is 0.366. The van der Waals surface area contributed by atoms with Gasteiger partial charge < -0.3 is 5.73 Å². The Labute approximate surface area is 81.9 Å². The van der Waals surface area contributed by atoms with Crippen LogP contribution in [-0.4, -0.2) is 17.8 Å². The van der Waals surface area contributed by atoms with Crippen LogP contribution >= 0.6 is 0 Å². The predicted octanol–water partition coefficient (Wildman–Crippen LogP) is 1.42. The molecule has 4 heteroatoms. The van der Waals surface area contributed by atoms with E-state index in [4.69, 9.17) is 5.73 Å². The number of benzene rings is 1. The number of rotatable bonds is 1. The van der Waals surface area contributed by atoms with E-state index in [-0.39, 0.29) is 0 Å². The van der Waals surface area contributed by atoms with Gasteiger partial charge >= 0.3 is 0 Å². The van der Waals surface area contributed by atoms with Gasteiger partial charge in [0, 0.05) is 0 Å². The number of nitrogens with two attached hydrogens (primary N) is 1. The molecule has 2 N–H and O–H groups in total. The molecular weight excluding hydrogens is 176 g/mol. The van der Waals surface area contributed by atoms with Gasteiger partial charge in [-0.15, -0.1) is 5.10 Å². The minimum atomic E-state index is 0.366. The Bertz CT molecular complexity index is 426. The van der Waals surface area contributed by atoms with Crippen LogP contribution in [0, 0.1) is 6.92 Å². The van der Waals surface area contributed by atoms with Gasteiger partial charge in [-0.3, -0.25) is 0 Å². The summed E-state index contributed by atoms with van der Waals surface area (Å²) in [6, 6.07) is 7.86. The molecule has 0 aromatic heterocycles. The van der Waals surface area contributed by atoms with Crippen molar-refractivity contribution < 1.29 is 0 Å². The Balaban J connectivity index is 2.30. The van der Waals surface area contributed by atoms with Crippen molar-refractivity contribution in [3.63, 3.8) is 0 Å². The first-order chi connectivity index (χ1) is 6.75. The lowest BCUT2D eigenvalue weighted by Crippen LogP contribution is -2.20. The van der Waals surface area contributed by atoms with Crippen LogP contribution < -0.4 is 5.73 Å². The van der Waals surface area contributed by atoms with Crippen LogP contribution in [0.15, 0.2) is 39.5 Å². The summed E-state index contributed by atoms with van der Waals surface area (Å²) in [6.07, 6.45) is 1.55. The van der Waals surface area contributed by atoms with Crippen molar-refractivity contribution >= 4 is 23.4 Å². The van der Waals surface area contributed by atoms with Gasteiger partial charge in [-0.05, 0) is 19.1 Å². The molecule has 0 atom stereocenters. The quantitative estimate of drug-likeness (QED) is 0.708. The van der Waals surface area contributed by atoms with Crippen LogP contribution in [0.2, 0.25) is 0 Å². The summed E-state index contributed by atoms with van der Waals surface area (Å²) < 4.78 is 0. The van der Waals surface area contributed by atoms with Crippen molar-refractivity contribution in [1.29, 1.82) is 0 Å². The van der Waals surface area contributed by atoms with E-state index in [1.807, 2.05) is 31.2 Å². The van der Waals surface area contributed by atoms with E-state index in [0.717, 1.165) is 5.69 Å². The molecule has 4 nitrogen and oxygen atoms in total. The van der Waals surface area contributed by atoms with Crippen LogP contribution in [0.3, 0.4) is 0 Å². The first kappa shape index (κ1) is 8.62. The highest BCUT2D eigenvalue weighted by atomic mass is 15.3. The summed E-state index contributed by atoms with van der Waals surface area (Å²) in [6.45, 7) is 2.03. The molecule has 1 heterocycles. The molecule has 0 aliphatic carbocycles. The highest BCUT2D eigenvalue weighted by Crippen LogP contribution is 2.13. The molecule has 14 heavy (non-hydrogen) atoms. The molecule has 0 bridgehead atoms. The average molecular weight is 186 g/mol. The van der Waals surface area contributed by atoms with E-state index in [9.17, 15) is 0 Å². The van der Waals surface area contributed by atoms with Crippen molar-refractivity contribution in [1.82, 2.24) is 0 Å². The smallest absolute Gasteiger partial charge is 0.173 e. The second-order valence-electron chi connectivity index (χ2n) is 3.06. The SMILES string of the molecule is Cc1ccc(N=C2C=NN=C2N)cc1. The van der Waals surface area contributed by atoms with Crippen molar-refractivity contribution in [3.8, 4) is 0 Å². The average Bonchev–Trinajstić information content (AvgIpc) is 2.56. The Morgan fingerprint density at radius 1 is 1.21 bits per heavy atom. The highest BCUT2D eigenvalue weighted by molar-refractivity contribution is 6.63. The van der Waals surface area contributed by atoms with Crippen molar-refractivity contribution in [2.45, 2.75) is 6.92 Å². The highest BCUT2D eigenvalue weighted by Gasteiger charge is 2.06. The lowest BCUT2D eigenvalue weighted by Gasteiger charge is -1.96. The summed E-state index contributed by atoms with van der Waals surface area (Å²) in [5, 5.41) is 7.33. The van der Waals surface area contributed by atoms with Gasteiger partial charge in [0.05, 0.1) is 11.9 Å². The molecule has 1 aromatic rings. The molecule has 1 aliphatic heterocycles. The van der Waals surface area contributed by atoms with Crippen LogP contribution in [-0.2, 0) is 0 Å². The molecule has 0 fully saturated rings. The molecule has 0 spiro atoms. The molecular formula is C10H10N4. The number of amidine groups is 1. The van der Waals surface area contributed by atoms with Gasteiger partial charge in [0.1, 0.15) is 5.71 Å². The van der Waals surface area contributed by atoms with E-state index >= 15 is 0 Å². The summed E-state index contributed by atoms with van der Waals surface area (Å²) in [5.74, 6) is 0.366. The van der Waals surface area contributed by atoms with Gasteiger partial charge in [-0.25, -0.2) is 4.99 Å². The van der Waals surface area contributed by atoms with Crippen LogP contribution in [0.4, 0.5) is 5.69 Å². The second-order valence-corrected chi connectivity index (χ2v) is 3.06. The molecule has 0 amide bonds. The van der Waals surface area contributed by atoms with Crippen LogP contribution in [0.1, 0.15) is 5.56 Å². The first-order valence-electron chi connectivity index (χ1n) is 4.28. The second kappa shape index (κ2) is 3.41. The predicted molar refractivity (Wildman–Crippen MR) is 58.4 cm³/mol. The number of hydrogen-bond donors (Lipinski definition) is 1. The van der Waals surface area contributed by atoms with Gasteiger partial charge in [0.15, 0.2) is 5.84 Å². The zero-order chi connectivity index (χ0) is 9.97. The summed E-state index contributed by atoms with van der Waals surface area (Å²) in [4.78, 5) is 4.29. The third kappa shape index (κ3) is 1.69. The maximum Gasteiger partial charge on any atom is 0.173 e. The lowest BCUT2D eigenvalue weighted by atomic mass is 10.2. The molecule has 0 radical (unpaired) electrons. The monoisotopic (exact) mass is 186 g/mol. The van der Waals surface area contributed by atoms with E-state index in [2.05, 4.69) is 15.2 Å². The van der Waals surface area contributed by atoms with E-state index in [1.165, 1.54) is 5.56 Å². The summed E-state index contributed by atoms with van der Waals surface area (Å²) in [7, 11) is 0.